The zero-order chi connectivity index (χ0) is 18.2. The molecule has 3 nitrogen and oxygen atoms in total. The van der Waals surface area contributed by atoms with E-state index in [1.807, 2.05) is 51.1 Å². The summed E-state index contributed by atoms with van der Waals surface area (Å²) < 4.78 is 20.4. The summed E-state index contributed by atoms with van der Waals surface area (Å²) in [5, 5.41) is 0. The normalized spacial score (nSPS) is 15.3. The lowest BCUT2D eigenvalue weighted by Crippen LogP contribution is -2.32. The highest BCUT2D eigenvalue weighted by atomic mass is 19.1. The van der Waals surface area contributed by atoms with Gasteiger partial charge in [-0.2, -0.15) is 0 Å². The van der Waals surface area contributed by atoms with Crippen molar-refractivity contribution < 1.29 is 13.9 Å². The first-order valence-corrected chi connectivity index (χ1v) is 8.47. The lowest BCUT2D eigenvalue weighted by molar-refractivity contribution is 0.0521. The second-order valence-corrected chi connectivity index (χ2v) is 6.93. The number of carbonyl (C=O) groups is 1. The Balaban J connectivity index is 2.25. The smallest absolute Gasteiger partial charge is 0.341 e. The van der Waals surface area contributed by atoms with Crippen LogP contribution in [0.4, 0.5) is 4.39 Å². The third-order valence-electron chi connectivity index (χ3n) is 4.64. The highest BCUT2D eigenvalue weighted by molar-refractivity contribution is 6.16. The number of halogens is 1. The van der Waals surface area contributed by atoms with Gasteiger partial charge in [-0.1, -0.05) is 44.2 Å². The molecule has 130 valence electrons. The standard InChI is InChI=1S/C21H22FNO2/c1-5-25-20(24)15-10-11-16-17(18(15)22)19(23-12-21(16,3)4)14-9-7-6-8-13(14)2/h6-11H,5,12H2,1-4H3. The molecule has 2 aromatic rings. The van der Waals surface area contributed by atoms with E-state index in [9.17, 15) is 4.79 Å². The number of carbonyl (C=O) groups excluding carboxylic acids is 1. The van der Waals surface area contributed by atoms with Gasteiger partial charge in [-0.25, -0.2) is 9.18 Å². The molecule has 3 rings (SSSR count). The van der Waals surface area contributed by atoms with E-state index in [0.29, 0.717) is 17.8 Å². The predicted octanol–water partition coefficient (Wildman–Crippen LogP) is 4.44. The van der Waals surface area contributed by atoms with Crippen LogP contribution in [0.1, 0.15) is 53.4 Å². The molecule has 0 radical (unpaired) electrons. The van der Waals surface area contributed by atoms with Gasteiger partial charge in [-0.05, 0) is 31.0 Å². The zero-order valence-corrected chi connectivity index (χ0v) is 15.0. The molecule has 0 amide bonds. The van der Waals surface area contributed by atoms with Crippen molar-refractivity contribution >= 4 is 11.7 Å². The van der Waals surface area contributed by atoms with Gasteiger partial charge in [0.05, 0.1) is 17.9 Å². The van der Waals surface area contributed by atoms with E-state index in [1.165, 1.54) is 6.07 Å². The molecule has 4 heteroatoms. The molecule has 0 unspecified atom stereocenters. The van der Waals surface area contributed by atoms with Gasteiger partial charge in [-0.3, -0.25) is 4.99 Å². The summed E-state index contributed by atoms with van der Waals surface area (Å²) in [7, 11) is 0. The van der Waals surface area contributed by atoms with E-state index >= 15 is 4.39 Å². The molecule has 1 heterocycles. The Labute approximate surface area is 147 Å². The van der Waals surface area contributed by atoms with E-state index in [2.05, 4.69) is 4.99 Å². The van der Waals surface area contributed by atoms with Crippen LogP contribution in [0.15, 0.2) is 41.4 Å². The summed E-state index contributed by atoms with van der Waals surface area (Å²) in [6.45, 7) is 8.53. The van der Waals surface area contributed by atoms with Crippen LogP contribution in [0.5, 0.6) is 0 Å². The molecule has 0 aromatic heterocycles. The van der Waals surface area contributed by atoms with Crippen LogP contribution in [0.25, 0.3) is 0 Å². The number of ether oxygens (including phenoxy) is 1. The number of fused-ring (bicyclic) bond motifs is 1. The molecular weight excluding hydrogens is 317 g/mol. The van der Waals surface area contributed by atoms with Crippen LogP contribution in [0.3, 0.4) is 0 Å². The molecule has 0 saturated heterocycles. The monoisotopic (exact) mass is 339 g/mol. The fraction of sp³-hybridized carbons (Fsp3) is 0.333. The van der Waals surface area contributed by atoms with Gasteiger partial charge in [0.2, 0.25) is 0 Å². The third kappa shape index (κ3) is 2.97. The molecule has 0 bridgehead atoms. The molecule has 1 aliphatic rings. The summed E-state index contributed by atoms with van der Waals surface area (Å²) >= 11 is 0. The van der Waals surface area contributed by atoms with Crippen molar-refractivity contribution in [3.05, 3.63) is 70.0 Å². The number of benzene rings is 2. The van der Waals surface area contributed by atoms with Crippen molar-refractivity contribution in [3.63, 3.8) is 0 Å². The highest BCUT2D eigenvalue weighted by Gasteiger charge is 2.34. The van der Waals surface area contributed by atoms with Gasteiger partial charge < -0.3 is 4.74 Å². The van der Waals surface area contributed by atoms with Crippen molar-refractivity contribution in [3.8, 4) is 0 Å². The maximum absolute atomic E-state index is 15.4. The minimum absolute atomic E-state index is 0.0421. The van der Waals surface area contributed by atoms with E-state index in [-0.39, 0.29) is 17.6 Å². The summed E-state index contributed by atoms with van der Waals surface area (Å²) in [5.74, 6) is -1.19. The molecule has 0 aliphatic carbocycles. The van der Waals surface area contributed by atoms with Crippen molar-refractivity contribution in [1.29, 1.82) is 0 Å². The van der Waals surface area contributed by atoms with E-state index in [0.717, 1.165) is 16.7 Å². The van der Waals surface area contributed by atoms with Gasteiger partial charge in [0.25, 0.3) is 0 Å². The Kier molecular flexibility index (Phi) is 4.46. The van der Waals surface area contributed by atoms with Crippen molar-refractivity contribution in [2.24, 2.45) is 4.99 Å². The Bertz CT molecular complexity index is 868. The average Bonchev–Trinajstić information content (AvgIpc) is 2.56. The molecule has 25 heavy (non-hydrogen) atoms. The first kappa shape index (κ1) is 17.3. The van der Waals surface area contributed by atoms with Gasteiger partial charge >= 0.3 is 5.97 Å². The highest BCUT2D eigenvalue weighted by Crippen LogP contribution is 2.36. The number of aryl methyl sites for hydroxylation is 1. The minimum atomic E-state index is -0.643. The van der Waals surface area contributed by atoms with Crippen LogP contribution in [-0.4, -0.2) is 24.8 Å². The van der Waals surface area contributed by atoms with Crippen LogP contribution >= 0.6 is 0 Å². The van der Waals surface area contributed by atoms with E-state index in [4.69, 9.17) is 4.74 Å². The number of hydrogen-bond donors (Lipinski definition) is 0. The van der Waals surface area contributed by atoms with Crippen molar-refractivity contribution in [1.82, 2.24) is 0 Å². The zero-order valence-electron chi connectivity index (χ0n) is 15.0. The fourth-order valence-corrected chi connectivity index (χ4v) is 3.24. The lowest BCUT2D eigenvalue weighted by atomic mass is 9.76. The molecule has 0 fully saturated rings. The maximum atomic E-state index is 15.4. The lowest BCUT2D eigenvalue weighted by Gasteiger charge is -2.32. The predicted molar refractivity (Wildman–Crippen MR) is 97.1 cm³/mol. The second-order valence-electron chi connectivity index (χ2n) is 6.93. The van der Waals surface area contributed by atoms with Gasteiger partial charge in [-0.15, -0.1) is 0 Å². The third-order valence-corrected chi connectivity index (χ3v) is 4.64. The van der Waals surface area contributed by atoms with Crippen molar-refractivity contribution in [2.75, 3.05) is 13.2 Å². The SMILES string of the molecule is CCOC(=O)c1ccc2c(c1F)C(c1ccccc1C)=NCC2(C)C. The first-order chi connectivity index (χ1) is 11.9. The van der Waals surface area contributed by atoms with Crippen LogP contribution < -0.4 is 0 Å². The van der Waals surface area contributed by atoms with E-state index < -0.39 is 11.8 Å². The molecule has 0 saturated carbocycles. The number of esters is 1. The van der Waals surface area contributed by atoms with E-state index in [1.54, 1.807) is 6.92 Å². The fourth-order valence-electron chi connectivity index (χ4n) is 3.24. The summed E-state index contributed by atoms with van der Waals surface area (Å²) in [5.41, 5.74) is 3.46. The second kappa shape index (κ2) is 6.43. The van der Waals surface area contributed by atoms with Crippen LogP contribution in [0.2, 0.25) is 0 Å². The van der Waals surface area contributed by atoms with Crippen LogP contribution in [0, 0.1) is 12.7 Å². The van der Waals surface area contributed by atoms with Gasteiger partial charge in [0, 0.05) is 23.1 Å². The molecular formula is C21H22FNO2. The molecule has 2 aromatic carbocycles. The first-order valence-electron chi connectivity index (χ1n) is 8.47. The summed E-state index contributed by atoms with van der Waals surface area (Å²) in [6, 6.07) is 11.1. The topological polar surface area (TPSA) is 38.7 Å². The number of nitrogens with zero attached hydrogens (tertiary/aromatic N) is 1. The minimum Gasteiger partial charge on any atom is -0.462 e. The summed E-state index contributed by atoms with van der Waals surface area (Å²) in [4.78, 5) is 16.8. The molecule has 0 N–H and O–H groups in total. The largest absolute Gasteiger partial charge is 0.462 e. The van der Waals surface area contributed by atoms with Crippen LogP contribution in [-0.2, 0) is 10.2 Å². The summed E-state index contributed by atoms with van der Waals surface area (Å²) in [6.07, 6.45) is 0. The number of aliphatic imine (C=N–C) groups is 1. The van der Waals surface area contributed by atoms with Crippen molar-refractivity contribution in [2.45, 2.75) is 33.1 Å². The number of rotatable bonds is 3. The quantitative estimate of drug-likeness (QED) is 0.776. The molecule has 0 spiro atoms. The Morgan fingerprint density at radius 3 is 2.64 bits per heavy atom. The van der Waals surface area contributed by atoms with Gasteiger partial charge in [0.1, 0.15) is 5.82 Å². The average molecular weight is 339 g/mol. The molecule has 1 aliphatic heterocycles. The Morgan fingerprint density at radius 2 is 1.96 bits per heavy atom. The Hall–Kier alpha value is -2.49. The molecule has 0 atom stereocenters. The Morgan fingerprint density at radius 1 is 1.24 bits per heavy atom. The maximum Gasteiger partial charge on any atom is 0.341 e. The van der Waals surface area contributed by atoms with Gasteiger partial charge in [0.15, 0.2) is 0 Å². The number of hydrogen-bond acceptors (Lipinski definition) is 3.